The van der Waals surface area contributed by atoms with Gasteiger partial charge in [0.05, 0.1) is 37.0 Å². The van der Waals surface area contributed by atoms with E-state index in [-0.39, 0.29) is 5.91 Å². The molecule has 11 nitrogen and oxygen atoms in total. The first kappa shape index (κ1) is 30.8. The summed E-state index contributed by atoms with van der Waals surface area (Å²) in [6, 6.07) is 5.98. The minimum absolute atomic E-state index is 0.299. The Morgan fingerprint density at radius 3 is 2.56 bits per heavy atom. The molecule has 1 saturated heterocycles. The number of benzene rings is 1. The second kappa shape index (κ2) is 11.3. The molecule has 4 aromatic rings. The van der Waals surface area contributed by atoms with Gasteiger partial charge in [-0.2, -0.15) is 0 Å². The van der Waals surface area contributed by atoms with Crippen LogP contribution in [-0.2, 0) is 34.3 Å². The van der Waals surface area contributed by atoms with Gasteiger partial charge < -0.3 is 29.0 Å². The lowest BCUT2D eigenvalue weighted by atomic mass is 9.86. The molecule has 1 fully saturated rings. The van der Waals surface area contributed by atoms with Crippen molar-refractivity contribution in [1.82, 2.24) is 29.3 Å². The second-order valence-electron chi connectivity index (χ2n) is 13.6. The molecular weight excluding hydrogens is 572 g/mol. The van der Waals surface area contributed by atoms with Crippen LogP contribution in [0.2, 0.25) is 0 Å². The number of amides is 2. The largest absolute Gasteiger partial charge is 0.444 e. The van der Waals surface area contributed by atoms with Crippen molar-refractivity contribution in [2.75, 3.05) is 26.3 Å². The topological polar surface area (TPSA) is 126 Å². The number of pyridine rings is 1. The molecule has 3 aromatic heterocycles. The van der Waals surface area contributed by atoms with E-state index in [0.717, 1.165) is 55.8 Å². The predicted octanol–water partition coefficient (Wildman–Crippen LogP) is 4.90. The van der Waals surface area contributed by atoms with Crippen LogP contribution in [0.5, 0.6) is 0 Å². The number of aryl methyl sites for hydroxylation is 2. The number of hydrogen-bond acceptors (Lipinski definition) is 7. The number of aromatic nitrogens is 4. The molecule has 6 rings (SSSR count). The number of carbonyl (C=O) groups excluding carboxylic acids is 2. The Balaban J connectivity index is 1.48. The fraction of sp³-hybridized carbons (Fsp3) is 0.471. The lowest BCUT2D eigenvalue weighted by Gasteiger charge is -2.40. The molecule has 2 aliphatic heterocycles. The average Bonchev–Trinajstić information content (AvgIpc) is 3.55. The quantitative estimate of drug-likeness (QED) is 0.335. The van der Waals surface area contributed by atoms with E-state index < -0.39 is 23.3 Å². The van der Waals surface area contributed by atoms with Crippen LogP contribution in [0.4, 0.5) is 4.79 Å². The Kier molecular flexibility index (Phi) is 7.73. The van der Waals surface area contributed by atoms with Crippen molar-refractivity contribution in [3.8, 4) is 22.4 Å². The van der Waals surface area contributed by atoms with Gasteiger partial charge in [-0.15, -0.1) is 0 Å². The van der Waals surface area contributed by atoms with Crippen LogP contribution in [-0.4, -0.2) is 83.9 Å². The highest BCUT2D eigenvalue weighted by Crippen LogP contribution is 2.38. The normalized spacial score (nSPS) is 17.5. The molecule has 1 atom stereocenters. The van der Waals surface area contributed by atoms with Gasteiger partial charge in [0.15, 0.2) is 0 Å². The Morgan fingerprint density at radius 2 is 1.87 bits per heavy atom. The Labute approximate surface area is 263 Å². The fourth-order valence-corrected chi connectivity index (χ4v) is 6.41. The van der Waals surface area contributed by atoms with E-state index in [9.17, 15) is 14.7 Å². The number of nitrogens with one attached hydrogen (secondary N) is 1. The maximum atomic E-state index is 13.5. The summed E-state index contributed by atoms with van der Waals surface area (Å²) < 4.78 is 13.8. The molecule has 1 aromatic carbocycles. The predicted molar refractivity (Wildman–Crippen MR) is 170 cm³/mol. The summed E-state index contributed by atoms with van der Waals surface area (Å²) in [7, 11) is 1.98. The van der Waals surface area contributed by atoms with Gasteiger partial charge in [-0.25, -0.2) is 14.8 Å². The van der Waals surface area contributed by atoms with Crippen LogP contribution in [0.1, 0.15) is 63.0 Å². The summed E-state index contributed by atoms with van der Waals surface area (Å²) in [5, 5.41) is 11.5. The lowest BCUT2D eigenvalue weighted by molar-refractivity contribution is -0.148. The van der Waals surface area contributed by atoms with Crippen molar-refractivity contribution in [2.45, 2.75) is 71.8 Å². The van der Waals surface area contributed by atoms with Gasteiger partial charge in [-0.1, -0.05) is 6.07 Å². The molecule has 2 amide bonds. The number of aromatic amines is 1. The standard InChI is InChI=1S/C34H42N6O5/c1-20-29(38(7)19-37-20)26-16-36-30-25(26)14-23(15-35-30)22-12-21-8-9-39(31(41)34(5,6)43)17-27(21)24(13-22)28-18-44-11-10-40(28)32(42)45-33(2,3)4/h12-16,19,28,43H,8-11,17-18H2,1-7H3,(H,35,36)/t28-/m0/s1. The maximum Gasteiger partial charge on any atom is 0.410 e. The first-order chi connectivity index (χ1) is 21.2. The number of hydrogen-bond donors (Lipinski definition) is 2. The summed E-state index contributed by atoms with van der Waals surface area (Å²) in [5.41, 5.74) is 6.47. The number of carbonyl (C=O) groups is 2. The van der Waals surface area contributed by atoms with Crippen LogP contribution >= 0.6 is 0 Å². The minimum Gasteiger partial charge on any atom is -0.444 e. The number of morpholine rings is 1. The number of nitrogens with zero attached hydrogens (tertiary/aromatic N) is 5. The molecular formula is C34H42N6O5. The van der Waals surface area contributed by atoms with Gasteiger partial charge in [-0.3, -0.25) is 9.69 Å². The van der Waals surface area contributed by atoms with Crippen molar-refractivity contribution in [3.63, 3.8) is 0 Å². The Bertz CT molecular complexity index is 1760. The minimum atomic E-state index is -1.49. The number of fused-ring (bicyclic) bond motifs is 2. The third-order valence-corrected chi connectivity index (χ3v) is 8.54. The number of aliphatic hydroxyl groups is 1. The molecule has 2 N–H and O–H groups in total. The Hall–Kier alpha value is -4.22. The molecule has 0 unspecified atom stereocenters. The van der Waals surface area contributed by atoms with E-state index in [1.807, 2.05) is 58.0 Å². The van der Waals surface area contributed by atoms with E-state index in [4.69, 9.17) is 14.5 Å². The van der Waals surface area contributed by atoms with Gasteiger partial charge in [-0.05, 0) is 82.3 Å². The molecule has 0 saturated carbocycles. The molecule has 45 heavy (non-hydrogen) atoms. The van der Waals surface area contributed by atoms with Gasteiger partial charge in [0, 0.05) is 55.6 Å². The zero-order chi connectivity index (χ0) is 32.3. The fourth-order valence-electron chi connectivity index (χ4n) is 6.41. The van der Waals surface area contributed by atoms with Gasteiger partial charge in [0.1, 0.15) is 16.8 Å². The van der Waals surface area contributed by atoms with E-state index in [1.165, 1.54) is 13.8 Å². The summed E-state index contributed by atoms with van der Waals surface area (Å²) in [4.78, 5) is 42.6. The monoisotopic (exact) mass is 614 g/mol. The van der Waals surface area contributed by atoms with Crippen molar-refractivity contribution in [2.24, 2.45) is 7.05 Å². The molecule has 238 valence electrons. The van der Waals surface area contributed by atoms with Crippen molar-refractivity contribution in [1.29, 1.82) is 0 Å². The summed E-state index contributed by atoms with van der Waals surface area (Å²) in [6.45, 7) is 12.5. The first-order valence-electron chi connectivity index (χ1n) is 15.4. The Morgan fingerprint density at radius 1 is 1.09 bits per heavy atom. The van der Waals surface area contributed by atoms with E-state index in [2.05, 4.69) is 28.2 Å². The smallest absolute Gasteiger partial charge is 0.410 e. The van der Waals surface area contributed by atoms with E-state index in [0.29, 0.717) is 39.3 Å². The van der Waals surface area contributed by atoms with E-state index in [1.54, 1.807) is 9.80 Å². The van der Waals surface area contributed by atoms with Crippen molar-refractivity contribution >= 4 is 23.0 Å². The zero-order valence-electron chi connectivity index (χ0n) is 27.1. The lowest BCUT2D eigenvalue weighted by Crippen LogP contribution is -2.48. The third kappa shape index (κ3) is 5.94. The summed E-state index contributed by atoms with van der Waals surface area (Å²) in [6.07, 6.45) is 5.85. The highest BCUT2D eigenvalue weighted by atomic mass is 16.6. The molecule has 0 bridgehead atoms. The summed E-state index contributed by atoms with van der Waals surface area (Å²) >= 11 is 0. The van der Waals surface area contributed by atoms with Gasteiger partial charge in [0.25, 0.3) is 5.91 Å². The molecule has 5 heterocycles. The SMILES string of the molecule is Cc1ncn(C)c1-c1c[nH]c2ncc(-c3cc4c(c([C@@H]5COCCN5C(=O)OC(C)(C)C)c3)CN(C(=O)C(C)(C)O)CC4)cc12. The first-order valence-corrected chi connectivity index (χ1v) is 15.4. The van der Waals surface area contributed by atoms with Crippen molar-refractivity contribution < 1.29 is 24.2 Å². The zero-order valence-corrected chi connectivity index (χ0v) is 27.1. The highest BCUT2D eigenvalue weighted by molar-refractivity contribution is 5.95. The maximum absolute atomic E-state index is 13.5. The van der Waals surface area contributed by atoms with Crippen LogP contribution in [0.3, 0.4) is 0 Å². The number of H-pyrrole nitrogens is 1. The number of rotatable bonds is 4. The second-order valence-corrected chi connectivity index (χ2v) is 13.6. The molecule has 11 heteroatoms. The third-order valence-electron chi connectivity index (χ3n) is 8.54. The van der Waals surface area contributed by atoms with Gasteiger partial charge >= 0.3 is 6.09 Å². The van der Waals surface area contributed by atoms with E-state index >= 15 is 0 Å². The summed E-state index contributed by atoms with van der Waals surface area (Å²) in [5.74, 6) is -0.327. The van der Waals surface area contributed by atoms with Crippen LogP contribution in [0, 0.1) is 6.92 Å². The number of imidazole rings is 1. The van der Waals surface area contributed by atoms with Crippen LogP contribution < -0.4 is 0 Å². The van der Waals surface area contributed by atoms with Crippen molar-refractivity contribution in [3.05, 3.63) is 59.3 Å². The highest BCUT2D eigenvalue weighted by Gasteiger charge is 2.37. The molecule has 0 radical (unpaired) electrons. The van der Waals surface area contributed by atoms with Gasteiger partial charge in [0.2, 0.25) is 0 Å². The van der Waals surface area contributed by atoms with Crippen LogP contribution in [0.15, 0.2) is 36.9 Å². The molecule has 2 aliphatic rings. The van der Waals surface area contributed by atoms with Crippen LogP contribution in [0.25, 0.3) is 33.4 Å². The molecule has 0 spiro atoms. The average molecular weight is 615 g/mol. The molecule has 0 aliphatic carbocycles. The number of ether oxygens (including phenoxy) is 2.